The van der Waals surface area contributed by atoms with E-state index in [4.69, 9.17) is 4.74 Å². The number of carbonyl (C=O) groups excluding carboxylic acids is 1. The van der Waals surface area contributed by atoms with E-state index < -0.39 is 0 Å². The normalized spacial score (nSPS) is 13.6. The van der Waals surface area contributed by atoms with Gasteiger partial charge in [-0.2, -0.15) is 5.10 Å². The van der Waals surface area contributed by atoms with E-state index in [1.165, 1.54) is 0 Å². The van der Waals surface area contributed by atoms with Gasteiger partial charge in [0, 0.05) is 60.5 Å². The number of ether oxygens (including phenoxy) is 1. The van der Waals surface area contributed by atoms with Crippen LogP contribution >= 0.6 is 0 Å². The van der Waals surface area contributed by atoms with E-state index in [-0.39, 0.29) is 12.5 Å². The zero-order chi connectivity index (χ0) is 26.1. The van der Waals surface area contributed by atoms with E-state index in [0.29, 0.717) is 25.3 Å². The molecule has 6 rings (SSSR count). The van der Waals surface area contributed by atoms with Crippen LogP contribution in [0.2, 0.25) is 0 Å². The largest absolute Gasteiger partial charge is 0.497 e. The van der Waals surface area contributed by atoms with Crippen LogP contribution in [-0.4, -0.2) is 50.9 Å². The number of hydrogen-bond donors (Lipinski definition) is 3. The molecular formula is C30H31N5O3. The summed E-state index contributed by atoms with van der Waals surface area (Å²) in [5.41, 5.74) is 5.67. The summed E-state index contributed by atoms with van der Waals surface area (Å²) in [6, 6.07) is 22.5. The van der Waals surface area contributed by atoms with Crippen LogP contribution in [0.1, 0.15) is 33.0 Å². The van der Waals surface area contributed by atoms with Gasteiger partial charge in [0.25, 0.3) is 5.91 Å². The Hall–Kier alpha value is -4.14. The van der Waals surface area contributed by atoms with Crippen molar-refractivity contribution in [1.29, 1.82) is 0 Å². The number of aromatic amines is 1. The Kier molecular flexibility index (Phi) is 6.57. The van der Waals surface area contributed by atoms with Gasteiger partial charge in [0.05, 0.1) is 20.3 Å². The lowest BCUT2D eigenvalue weighted by molar-refractivity contribution is 0.0942. The lowest BCUT2D eigenvalue weighted by Crippen LogP contribution is -2.32. The Morgan fingerprint density at radius 2 is 1.97 bits per heavy atom. The number of aliphatic hydroxyl groups excluding tert-OH is 1. The Morgan fingerprint density at radius 3 is 2.84 bits per heavy atom. The molecule has 8 nitrogen and oxygen atoms in total. The molecule has 0 fully saturated rings. The summed E-state index contributed by atoms with van der Waals surface area (Å²) in [6.45, 7) is 2.98. The molecule has 38 heavy (non-hydrogen) atoms. The van der Waals surface area contributed by atoms with Gasteiger partial charge in [-0.25, -0.2) is 0 Å². The third-order valence-electron chi connectivity index (χ3n) is 7.34. The van der Waals surface area contributed by atoms with E-state index in [2.05, 4.69) is 44.6 Å². The molecule has 0 radical (unpaired) electrons. The maximum atomic E-state index is 13.4. The van der Waals surface area contributed by atoms with Crippen LogP contribution in [0.15, 0.2) is 66.7 Å². The number of aromatic nitrogens is 3. The molecule has 0 atom stereocenters. The van der Waals surface area contributed by atoms with Gasteiger partial charge in [0.2, 0.25) is 0 Å². The third-order valence-corrected chi connectivity index (χ3v) is 7.34. The lowest BCUT2D eigenvalue weighted by Gasteiger charge is -2.27. The summed E-state index contributed by atoms with van der Waals surface area (Å²) in [6.07, 6.45) is 0.771. The Balaban J connectivity index is 1.22. The second-order valence-corrected chi connectivity index (χ2v) is 9.75. The minimum absolute atomic E-state index is 0.0204. The number of rotatable bonds is 8. The Bertz CT molecular complexity index is 1610. The van der Waals surface area contributed by atoms with Crippen molar-refractivity contribution < 1.29 is 14.6 Å². The van der Waals surface area contributed by atoms with Crippen molar-refractivity contribution in [3.05, 3.63) is 94.9 Å². The predicted molar refractivity (Wildman–Crippen MR) is 147 cm³/mol. The maximum absolute atomic E-state index is 13.4. The first-order chi connectivity index (χ1) is 18.6. The van der Waals surface area contributed by atoms with Gasteiger partial charge in [0.1, 0.15) is 5.75 Å². The summed E-state index contributed by atoms with van der Waals surface area (Å²) in [7, 11) is 1.67. The number of fused-ring (bicyclic) bond motifs is 3. The zero-order valence-electron chi connectivity index (χ0n) is 21.4. The molecule has 194 valence electrons. The van der Waals surface area contributed by atoms with Crippen molar-refractivity contribution in [2.45, 2.75) is 32.6 Å². The number of carbonyl (C=O) groups is 1. The van der Waals surface area contributed by atoms with Gasteiger partial charge in [-0.05, 0) is 40.6 Å². The standard InChI is InChI=1S/C30H31N5O3/c1-38-24-9-10-27-22(16-24)15-23(32-27)18-34-12-11-28-26(19-34)29(33-35(28)13-14-36)30(37)31-17-21-7-4-6-20-5-2-3-8-25(20)21/h2-10,15-16,32,36H,11-14,17-19H2,1H3,(H,31,37). The second kappa shape index (κ2) is 10.3. The number of methoxy groups -OCH3 is 1. The highest BCUT2D eigenvalue weighted by Crippen LogP contribution is 2.27. The minimum atomic E-state index is -0.189. The number of nitrogens with one attached hydrogen (secondary N) is 2. The van der Waals surface area contributed by atoms with E-state index in [1.54, 1.807) is 11.8 Å². The first-order valence-corrected chi connectivity index (χ1v) is 12.9. The van der Waals surface area contributed by atoms with Crippen LogP contribution in [0.25, 0.3) is 21.7 Å². The van der Waals surface area contributed by atoms with E-state index in [0.717, 1.165) is 69.4 Å². The van der Waals surface area contributed by atoms with Crippen LogP contribution in [0.5, 0.6) is 5.75 Å². The van der Waals surface area contributed by atoms with E-state index in [9.17, 15) is 9.90 Å². The van der Waals surface area contributed by atoms with Gasteiger partial charge < -0.3 is 20.1 Å². The molecule has 1 amide bonds. The summed E-state index contributed by atoms with van der Waals surface area (Å²) in [4.78, 5) is 19.2. The molecule has 3 N–H and O–H groups in total. The predicted octanol–water partition coefficient (Wildman–Crippen LogP) is 4.01. The summed E-state index contributed by atoms with van der Waals surface area (Å²) >= 11 is 0. The number of benzene rings is 3. The molecule has 8 heteroatoms. The van der Waals surface area contributed by atoms with Crippen LogP contribution in [-0.2, 0) is 32.6 Å². The molecule has 0 saturated heterocycles. The second-order valence-electron chi connectivity index (χ2n) is 9.75. The summed E-state index contributed by atoms with van der Waals surface area (Å²) in [5.74, 6) is 0.645. The van der Waals surface area contributed by atoms with E-state index in [1.807, 2.05) is 42.5 Å². The number of nitrogens with zero attached hydrogens (tertiary/aromatic N) is 3. The van der Waals surface area contributed by atoms with Crippen molar-refractivity contribution in [3.8, 4) is 5.75 Å². The van der Waals surface area contributed by atoms with Crippen molar-refractivity contribution in [1.82, 2.24) is 25.0 Å². The molecule has 0 unspecified atom stereocenters. The molecule has 1 aliphatic rings. The first-order valence-electron chi connectivity index (χ1n) is 12.9. The maximum Gasteiger partial charge on any atom is 0.272 e. The van der Waals surface area contributed by atoms with Crippen molar-refractivity contribution in [2.75, 3.05) is 20.3 Å². The molecule has 0 saturated carbocycles. The molecule has 3 aromatic carbocycles. The van der Waals surface area contributed by atoms with Crippen LogP contribution in [0.3, 0.4) is 0 Å². The quantitative estimate of drug-likeness (QED) is 0.294. The van der Waals surface area contributed by atoms with Crippen molar-refractivity contribution >= 4 is 27.6 Å². The topological polar surface area (TPSA) is 95.4 Å². The number of amides is 1. The molecule has 0 bridgehead atoms. The Morgan fingerprint density at radius 1 is 1.11 bits per heavy atom. The van der Waals surface area contributed by atoms with Gasteiger partial charge >= 0.3 is 0 Å². The van der Waals surface area contributed by atoms with Crippen molar-refractivity contribution in [3.63, 3.8) is 0 Å². The summed E-state index contributed by atoms with van der Waals surface area (Å²) in [5, 5.41) is 20.7. The molecule has 0 spiro atoms. The highest BCUT2D eigenvalue weighted by molar-refractivity contribution is 5.94. The molecule has 2 aromatic heterocycles. The average molecular weight is 510 g/mol. The van der Waals surface area contributed by atoms with Gasteiger partial charge in [0.15, 0.2) is 5.69 Å². The minimum Gasteiger partial charge on any atom is -0.497 e. The number of hydrogen-bond acceptors (Lipinski definition) is 5. The summed E-state index contributed by atoms with van der Waals surface area (Å²) < 4.78 is 7.16. The Labute approximate surface area is 220 Å². The smallest absolute Gasteiger partial charge is 0.272 e. The van der Waals surface area contributed by atoms with Gasteiger partial charge in [-0.3, -0.25) is 14.4 Å². The zero-order valence-corrected chi connectivity index (χ0v) is 21.4. The van der Waals surface area contributed by atoms with Crippen LogP contribution in [0, 0.1) is 0 Å². The molecule has 0 aliphatic carbocycles. The highest BCUT2D eigenvalue weighted by Gasteiger charge is 2.28. The van der Waals surface area contributed by atoms with E-state index >= 15 is 0 Å². The lowest BCUT2D eigenvalue weighted by atomic mass is 10.0. The van der Waals surface area contributed by atoms with Gasteiger partial charge in [-0.15, -0.1) is 0 Å². The fourth-order valence-corrected chi connectivity index (χ4v) is 5.47. The molecule has 3 heterocycles. The van der Waals surface area contributed by atoms with Crippen LogP contribution in [0.4, 0.5) is 0 Å². The third kappa shape index (κ3) is 4.64. The fourth-order valence-electron chi connectivity index (χ4n) is 5.47. The SMILES string of the molecule is COc1ccc2[nH]c(CN3CCc4c(c(C(=O)NCc5cccc6ccccc56)nn4CCO)C3)cc2c1. The molecular weight excluding hydrogens is 478 g/mol. The number of aliphatic hydroxyl groups is 1. The number of H-pyrrole nitrogens is 1. The highest BCUT2D eigenvalue weighted by atomic mass is 16.5. The first kappa shape index (κ1) is 24.2. The average Bonchev–Trinajstić information content (AvgIpc) is 3.51. The van der Waals surface area contributed by atoms with Crippen LogP contribution < -0.4 is 10.1 Å². The van der Waals surface area contributed by atoms with Gasteiger partial charge in [-0.1, -0.05) is 42.5 Å². The molecule has 1 aliphatic heterocycles. The fraction of sp³-hybridized carbons (Fsp3) is 0.267. The van der Waals surface area contributed by atoms with Crippen molar-refractivity contribution in [2.24, 2.45) is 0 Å². The molecule has 5 aromatic rings. The monoisotopic (exact) mass is 509 g/mol.